The Morgan fingerprint density at radius 3 is 2.29 bits per heavy atom. The second kappa shape index (κ2) is 15.6. The van der Waals surface area contributed by atoms with Crippen LogP contribution in [0.2, 0.25) is 0 Å². The number of amides is 2. The van der Waals surface area contributed by atoms with Crippen LogP contribution in [0.3, 0.4) is 0 Å². The van der Waals surface area contributed by atoms with Crippen molar-refractivity contribution in [3.05, 3.63) is 84.2 Å². The Bertz CT molecular complexity index is 1430. The third-order valence-electron chi connectivity index (χ3n) is 6.62. The number of para-hydroxylation sites is 2. The molecule has 11 heteroatoms. The van der Waals surface area contributed by atoms with Crippen molar-refractivity contribution in [2.24, 2.45) is 0 Å². The maximum absolute atomic E-state index is 14.1. The summed E-state index contributed by atoms with van der Waals surface area (Å²) in [6, 6.07) is 17.7. The van der Waals surface area contributed by atoms with Gasteiger partial charge in [-0.3, -0.25) is 13.9 Å². The highest BCUT2D eigenvalue weighted by Gasteiger charge is 2.33. The van der Waals surface area contributed by atoms with Crippen molar-refractivity contribution >= 4 is 39.3 Å². The largest absolute Gasteiger partial charge is 0.492 e. The van der Waals surface area contributed by atoms with Gasteiger partial charge in [0.1, 0.15) is 24.2 Å². The van der Waals surface area contributed by atoms with Crippen molar-refractivity contribution in [1.82, 2.24) is 10.2 Å². The summed E-state index contributed by atoms with van der Waals surface area (Å²) in [6.07, 6.45) is 3.55. The molecule has 0 saturated heterocycles. The summed E-state index contributed by atoms with van der Waals surface area (Å²) in [7, 11) is -4.24. The molecule has 0 saturated carbocycles. The molecule has 1 unspecified atom stereocenters. The van der Waals surface area contributed by atoms with E-state index in [1.807, 2.05) is 13.2 Å². The molecule has 0 heterocycles. The molecule has 2 amide bonds. The topological polar surface area (TPSA) is 96.0 Å². The average molecular weight is 616 g/mol. The molecule has 0 bridgehead atoms. The van der Waals surface area contributed by atoms with E-state index in [9.17, 15) is 22.4 Å². The fourth-order valence-corrected chi connectivity index (χ4v) is 6.07. The molecule has 0 radical (unpaired) electrons. The number of anilines is 1. The Balaban J connectivity index is 2.05. The molecule has 8 nitrogen and oxygen atoms in total. The number of sulfonamides is 1. The lowest BCUT2D eigenvalue weighted by Crippen LogP contribution is -2.51. The Morgan fingerprint density at radius 2 is 1.67 bits per heavy atom. The lowest BCUT2D eigenvalue weighted by atomic mass is 10.1. The van der Waals surface area contributed by atoms with Crippen molar-refractivity contribution in [1.29, 1.82) is 0 Å². The van der Waals surface area contributed by atoms with Crippen molar-refractivity contribution in [3.63, 3.8) is 0 Å². The number of hydrogen-bond acceptors (Lipinski definition) is 6. The van der Waals surface area contributed by atoms with Gasteiger partial charge >= 0.3 is 0 Å². The van der Waals surface area contributed by atoms with Crippen LogP contribution >= 0.6 is 11.8 Å². The summed E-state index contributed by atoms with van der Waals surface area (Å²) in [4.78, 5) is 29.3. The van der Waals surface area contributed by atoms with Gasteiger partial charge in [0, 0.05) is 18.0 Å². The highest BCUT2D eigenvalue weighted by Crippen LogP contribution is 2.33. The highest BCUT2D eigenvalue weighted by molar-refractivity contribution is 7.98. The first-order valence-electron chi connectivity index (χ1n) is 13.8. The average Bonchev–Trinajstić information content (AvgIpc) is 2.99. The first kappa shape index (κ1) is 32.9. The van der Waals surface area contributed by atoms with Gasteiger partial charge in [0.25, 0.3) is 10.0 Å². The number of rotatable bonds is 15. The molecule has 0 fully saturated rings. The van der Waals surface area contributed by atoms with Gasteiger partial charge in [-0.1, -0.05) is 37.6 Å². The van der Waals surface area contributed by atoms with Gasteiger partial charge in [0.15, 0.2) is 0 Å². The van der Waals surface area contributed by atoms with Gasteiger partial charge < -0.3 is 15.0 Å². The summed E-state index contributed by atoms with van der Waals surface area (Å²) in [6.45, 7) is 5.50. The van der Waals surface area contributed by atoms with E-state index in [0.717, 1.165) is 22.0 Å². The minimum atomic E-state index is -4.24. The molecule has 226 valence electrons. The van der Waals surface area contributed by atoms with Crippen LogP contribution in [-0.4, -0.2) is 57.1 Å². The van der Waals surface area contributed by atoms with Gasteiger partial charge in [0.2, 0.25) is 11.8 Å². The summed E-state index contributed by atoms with van der Waals surface area (Å²) in [5.74, 6) is -1.10. The third kappa shape index (κ3) is 8.48. The minimum Gasteiger partial charge on any atom is -0.492 e. The van der Waals surface area contributed by atoms with Crippen LogP contribution < -0.4 is 14.4 Å². The lowest BCUT2D eigenvalue weighted by molar-refractivity contribution is -0.139. The molecule has 3 aromatic rings. The highest BCUT2D eigenvalue weighted by atomic mass is 32.2. The lowest BCUT2D eigenvalue weighted by Gasteiger charge is -2.32. The number of unbranched alkanes of at least 4 members (excludes halogenated alkanes) is 1. The van der Waals surface area contributed by atoms with Crippen molar-refractivity contribution in [3.8, 4) is 5.75 Å². The first-order valence-corrected chi connectivity index (χ1v) is 16.5. The Labute approximate surface area is 252 Å². The maximum atomic E-state index is 14.1. The predicted octanol–water partition coefficient (Wildman–Crippen LogP) is 5.48. The number of ether oxygens (including phenoxy) is 1. The van der Waals surface area contributed by atoms with Gasteiger partial charge in [-0.2, -0.15) is 0 Å². The van der Waals surface area contributed by atoms with Crippen LogP contribution in [-0.2, 0) is 26.2 Å². The Morgan fingerprint density at radius 1 is 1.00 bits per heavy atom. The van der Waals surface area contributed by atoms with Crippen LogP contribution in [0.4, 0.5) is 10.1 Å². The number of halogens is 1. The van der Waals surface area contributed by atoms with E-state index in [-0.39, 0.29) is 29.6 Å². The monoisotopic (exact) mass is 615 g/mol. The van der Waals surface area contributed by atoms with Gasteiger partial charge in [0.05, 0.1) is 17.2 Å². The van der Waals surface area contributed by atoms with Crippen LogP contribution in [0, 0.1) is 5.82 Å². The van der Waals surface area contributed by atoms with Gasteiger partial charge in [-0.15, -0.1) is 11.8 Å². The normalized spacial score (nSPS) is 11.9. The molecular weight excluding hydrogens is 577 g/mol. The van der Waals surface area contributed by atoms with Crippen LogP contribution in [0.1, 0.15) is 39.2 Å². The molecular formula is C31H38FN3O5S2. The fourth-order valence-electron chi connectivity index (χ4n) is 4.23. The molecule has 0 aromatic heterocycles. The molecule has 3 rings (SSSR count). The maximum Gasteiger partial charge on any atom is 0.264 e. The number of nitrogens with one attached hydrogen (secondary N) is 1. The minimum absolute atomic E-state index is 0.00911. The molecule has 0 aliphatic heterocycles. The van der Waals surface area contributed by atoms with Gasteiger partial charge in [-0.05, 0) is 80.6 Å². The number of carbonyl (C=O) groups is 2. The molecule has 0 spiro atoms. The van der Waals surface area contributed by atoms with Gasteiger partial charge in [-0.25, -0.2) is 12.8 Å². The third-order valence-corrected chi connectivity index (χ3v) is 9.14. The molecule has 0 aliphatic rings. The molecule has 0 aliphatic carbocycles. The fraction of sp³-hybridized carbons (Fsp3) is 0.355. The second-order valence-corrected chi connectivity index (χ2v) is 12.3. The molecule has 1 N–H and O–H groups in total. The van der Waals surface area contributed by atoms with Crippen molar-refractivity contribution in [2.75, 3.05) is 30.3 Å². The van der Waals surface area contributed by atoms with Crippen LogP contribution in [0.25, 0.3) is 0 Å². The SMILES string of the molecule is CCCCNC(=O)C(C)N(Cc1ccc(F)cc1)C(=O)CN(c1ccccc1OCC)S(=O)(=O)c1ccc(SC)cc1. The Hall–Kier alpha value is -3.57. The number of carbonyl (C=O) groups excluding carboxylic acids is 2. The summed E-state index contributed by atoms with van der Waals surface area (Å²) >= 11 is 1.48. The van der Waals surface area contributed by atoms with Crippen LogP contribution in [0.5, 0.6) is 5.75 Å². The van der Waals surface area contributed by atoms with E-state index in [1.54, 1.807) is 50.2 Å². The number of benzene rings is 3. The summed E-state index contributed by atoms with van der Waals surface area (Å²) < 4.78 is 48.6. The zero-order chi connectivity index (χ0) is 30.7. The molecule has 3 aromatic carbocycles. The Kier molecular flexibility index (Phi) is 12.2. The quantitative estimate of drug-likeness (QED) is 0.180. The van der Waals surface area contributed by atoms with Crippen molar-refractivity contribution in [2.45, 2.75) is 56.0 Å². The molecule has 1 atom stereocenters. The van der Waals surface area contributed by atoms with Crippen molar-refractivity contribution < 1.29 is 27.1 Å². The number of hydrogen-bond donors (Lipinski definition) is 1. The zero-order valence-electron chi connectivity index (χ0n) is 24.4. The smallest absolute Gasteiger partial charge is 0.264 e. The van der Waals surface area contributed by atoms with E-state index >= 15 is 0 Å². The summed E-state index contributed by atoms with van der Waals surface area (Å²) in [5.41, 5.74) is 0.790. The molecule has 42 heavy (non-hydrogen) atoms. The van der Waals surface area contributed by atoms with E-state index in [1.165, 1.54) is 53.1 Å². The van der Waals surface area contributed by atoms with E-state index in [0.29, 0.717) is 17.9 Å². The predicted molar refractivity (Wildman–Crippen MR) is 165 cm³/mol. The summed E-state index contributed by atoms with van der Waals surface area (Å²) in [5, 5.41) is 2.84. The number of thioether (sulfide) groups is 1. The number of nitrogens with zero attached hydrogens (tertiary/aromatic N) is 2. The van der Waals surface area contributed by atoms with E-state index < -0.39 is 34.3 Å². The standard InChI is InChI=1S/C31H38FN3O5S2/c1-5-7-20-33-31(37)23(3)34(21-24-12-14-25(32)15-13-24)30(36)22-35(28-10-8-9-11-29(28)40-6-2)42(38,39)27-18-16-26(41-4)17-19-27/h8-19,23H,5-7,20-22H2,1-4H3,(H,33,37). The first-order chi connectivity index (χ1) is 20.1. The van der Waals surface area contributed by atoms with E-state index in [2.05, 4.69) is 5.32 Å². The van der Waals surface area contributed by atoms with E-state index in [4.69, 9.17) is 4.74 Å². The zero-order valence-corrected chi connectivity index (χ0v) is 26.0. The second-order valence-electron chi connectivity index (χ2n) is 9.56. The van der Waals surface area contributed by atoms with Crippen LogP contribution in [0.15, 0.2) is 82.6 Å².